The number of benzene rings is 1. The summed E-state index contributed by atoms with van der Waals surface area (Å²) in [6, 6.07) is 5.93. The Morgan fingerprint density at radius 1 is 1.20 bits per heavy atom. The van der Waals surface area contributed by atoms with E-state index in [0.717, 1.165) is 35.8 Å². The predicted octanol–water partition coefficient (Wildman–Crippen LogP) is 0.769. The van der Waals surface area contributed by atoms with Gasteiger partial charge in [0, 0.05) is 5.02 Å². The number of rotatable bonds is 10. The summed E-state index contributed by atoms with van der Waals surface area (Å²) in [5, 5.41) is 3.22. The monoisotopic (exact) mass is 300 g/mol. The quantitative estimate of drug-likeness (QED) is 0.614. The number of hydrogen-bond donors (Lipinski definition) is 2. The molecule has 4 heteroatoms. The summed E-state index contributed by atoms with van der Waals surface area (Å²) in [5.74, 6) is 0.937. The van der Waals surface area contributed by atoms with Crippen LogP contribution in [0.1, 0.15) is 25.3 Å². The molecule has 0 spiro atoms. The summed E-state index contributed by atoms with van der Waals surface area (Å²) in [7, 11) is 4.39. The highest BCUT2D eigenvalue weighted by molar-refractivity contribution is 6.31. The lowest BCUT2D eigenvalue weighted by molar-refractivity contribution is -0.874. The third kappa shape index (κ3) is 7.13. The lowest BCUT2D eigenvalue weighted by Crippen LogP contribution is -3.09. The second-order valence-corrected chi connectivity index (χ2v) is 5.89. The normalized spacial score (nSPS) is 11.1. The van der Waals surface area contributed by atoms with Crippen molar-refractivity contribution in [2.24, 2.45) is 0 Å². The van der Waals surface area contributed by atoms with Gasteiger partial charge in [0.25, 0.3) is 0 Å². The van der Waals surface area contributed by atoms with E-state index in [0.29, 0.717) is 0 Å². The van der Waals surface area contributed by atoms with E-state index in [-0.39, 0.29) is 0 Å². The summed E-state index contributed by atoms with van der Waals surface area (Å²) in [4.78, 5) is 1.51. The molecule has 1 aromatic carbocycles. The lowest BCUT2D eigenvalue weighted by Gasteiger charge is -2.09. The minimum atomic E-state index is 0.789. The molecular weight excluding hydrogens is 272 g/mol. The molecule has 0 heterocycles. The number of quaternary nitrogens is 2. The number of likely N-dealkylation sites (N-methyl/N-ethyl adjacent to an activating group) is 1. The van der Waals surface area contributed by atoms with Crippen LogP contribution >= 0.6 is 11.6 Å². The van der Waals surface area contributed by atoms with E-state index in [1.54, 1.807) is 0 Å². The number of nitrogens with two attached hydrogens (primary N) is 1. The van der Waals surface area contributed by atoms with Gasteiger partial charge in [-0.05, 0) is 43.0 Å². The molecular formula is C16H29ClN2O+2. The van der Waals surface area contributed by atoms with Gasteiger partial charge in [0.15, 0.2) is 0 Å². The minimum Gasteiger partial charge on any atom is -0.494 e. The summed E-state index contributed by atoms with van der Waals surface area (Å²) in [6.07, 6.45) is 3.26. The van der Waals surface area contributed by atoms with Gasteiger partial charge in [-0.3, -0.25) is 0 Å². The molecule has 0 saturated heterocycles. The molecule has 0 aliphatic rings. The second kappa shape index (κ2) is 10.0. The van der Waals surface area contributed by atoms with Crippen molar-refractivity contribution in [2.75, 3.05) is 40.3 Å². The van der Waals surface area contributed by atoms with Crippen LogP contribution in [0.3, 0.4) is 0 Å². The van der Waals surface area contributed by atoms with E-state index >= 15 is 0 Å². The average Bonchev–Trinajstić information content (AvgIpc) is 2.43. The highest BCUT2D eigenvalue weighted by Crippen LogP contribution is 2.22. The molecule has 1 aromatic rings. The van der Waals surface area contributed by atoms with Crippen LogP contribution in [-0.2, 0) is 6.42 Å². The first-order valence-electron chi connectivity index (χ1n) is 7.65. The molecule has 0 saturated carbocycles. The Bertz CT molecular complexity index is 383. The fraction of sp³-hybridized carbons (Fsp3) is 0.625. The largest absolute Gasteiger partial charge is 0.494 e. The number of halogens is 1. The summed E-state index contributed by atoms with van der Waals surface area (Å²) >= 11 is 6.09. The standard InChI is InChI=1S/C16H27ClN2O/c1-4-14-13-15(7-8-16(14)17)20-12-6-5-9-18-10-11-19(2)3/h7-8,13,18H,4-6,9-12H2,1-3H3/p+2. The zero-order valence-corrected chi connectivity index (χ0v) is 13.8. The fourth-order valence-electron chi connectivity index (χ4n) is 2.03. The van der Waals surface area contributed by atoms with Crippen molar-refractivity contribution in [1.29, 1.82) is 0 Å². The molecule has 3 nitrogen and oxygen atoms in total. The number of ether oxygens (including phenoxy) is 1. The van der Waals surface area contributed by atoms with Gasteiger partial charge in [-0.15, -0.1) is 0 Å². The van der Waals surface area contributed by atoms with Crippen molar-refractivity contribution in [3.8, 4) is 5.75 Å². The van der Waals surface area contributed by atoms with Gasteiger partial charge in [-0.1, -0.05) is 18.5 Å². The van der Waals surface area contributed by atoms with Crippen LogP contribution in [0.4, 0.5) is 0 Å². The molecule has 114 valence electrons. The van der Waals surface area contributed by atoms with Gasteiger partial charge in [-0.2, -0.15) is 0 Å². The minimum absolute atomic E-state index is 0.789. The van der Waals surface area contributed by atoms with Crippen LogP contribution in [0.25, 0.3) is 0 Å². The summed E-state index contributed by atoms with van der Waals surface area (Å²) in [5.41, 5.74) is 1.16. The van der Waals surface area contributed by atoms with E-state index in [4.69, 9.17) is 16.3 Å². The van der Waals surface area contributed by atoms with Gasteiger partial charge in [0.2, 0.25) is 0 Å². The molecule has 0 amide bonds. The third-order valence-corrected chi connectivity index (χ3v) is 3.69. The maximum absolute atomic E-state index is 6.09. The maximum atomic E-state index is 6.09. The Kier molecular flexibility index (Phi) is 8.67. The van der Waals surface area contributed by atoms with Crippen molar-refractivity contribution in [1.82, 2.24) is 0 Å². The van der Waals surface area contributed by atoms with Crippen LogP contribution in [0.5, 0.6) is 5.75 Å². The molecule has 0 radical (unpaired) electrons. The Hall–Kier alpha value is -0.770. The van der Waals surface area contributed by atoms with Crippen LogP contribution in [0, 0.1) is 0 Å². The second-order valence-electron chi connectivity index (χ2n) is 5.49. The first-order valence-corrected chi connectivity index (χ1v) is 8.03. The number of hydrogen-bond acceptors (Lipinski definition) is 1. The Morgan fingerprint density at radius 2 is 2.00 bits per heavy atom. The Balaban J connectivity index is 2.09. The molecule has 1 rings (SSSR count). The summed E-state index contributed by atoms with van der Waals surface area (Å²) in [6.45, 7) is 6.52. The molecule has 0 fully saturated rings. The average molecular weight is 301 g/mol. The SMILES string of the molecule is CCc1cc(OCCCC[NH2+]CC[NH+](C)C)ccc1Cl. The van der Waals surface area contributed by atoms with Gasteiger partial charge in [0.1, 0.15) is 18.8 Å². The highest BCUT2D eigenvalue weighted by Gasteiger charge is 2.01. The van der Waals surface area contributed by atoms with E-state index in [1.165, 1.54) is 31.0 Å². The van der Waals surface area contributed by atoms with Crippen molar-refractivity contribution in [2.45, 2.75) is 26.2 Å². The van der Waals surface area contributed by atoms with E-state index in [1.807, 2.05) is 18.2 Å². The van der Waals surface area contributed by atoms with Crippen LogP contribution in [0.15, 0.2) is 18.2 Å². The van der Waals surface area contributed by atoms with Gasteiger partial charge in [0.05, 0.1) is 27.2 Å². The van der Waals surface area contributed by atoms with Crippen molar-refractivity contribution >= 4 is 11.6 Å². The number of nitrogens with one attached hydrogen (secondary N) is 1. The Labute approximate surface area is 128 Å². The fourth-order valence-corrected chi connectivity index (χ4v) is 2.28. The molecule has 0 atom stereocenters. The van der Waals surface area contributed by atoms with E-state index in [2.05, 4.69) is 26.3 Å². The molecule has 0 aliphatic carbocycles. The maximum Gasteiger partial charge on any atom is 0.126 e. The highest BCUT2D eigenvalue weighted by atomic mass is 35.5. The Morgan fingerprint density at radius 3 is 2.70 bits per heavy atom. The van der Waals surface area contributed by atoms with Crippen LogP contribution in [0.2, 0.25) is 5.02 Å². The smallest absolute Gasteiger partial charge is 0.126 e. The van der Waals surface area contributed by atoms with E-state index < -0.39 is 0 Å². The first kappa shape index (κ1) is 17.3. The van der Waals surface area contributed by atoms with Gasteiger partial charge >= 0.3 is 0 Å². The van der Waals surface area contributed by atoms with Crippen molar-refractivity contribution < 1.29 is 15.0 Å². The predicted molar refractivity (Wildman–Crippen MR) is 84.9 cm³/mol. The molecule has 20 heavy (non-hydrogen) atoms. The number of unbranched alkanes of at least 4 members (excludes halogenated alkanes) is 1. The zero-order chi connectivity index (χ0) is 14.8. The van der Waals surface area contributed by atoms with Crippen molar-refractivity contribution in [3.05, 3.63) is 28.8 Å². The molecule has 0 aromatic heterocycles. The summed E-state index contributed by atoms with van der Waals surface area (Å²) < 4.78 is 5.77. The third-order valence-electron chi connectivity index (χ3n) is 3.32. The topological polar surface area (TPSA) is 30.3 Å². The van der Waals surface area contributed by atoms with Crippen molar-refractivity contribution in [3.63, 3.8) is 0 Å². The first-order chi connectivity index (χ1) is 9.63. The van der Waals surface area contributed by atoms with E-state index in [9.17, 15) is 0 Å². The van der Waals surface area contributed by atoms with Gasteiger partial charge in [-0.25, -0.2) is 0 Å². The zero-order valence-electron chi connectivity index (χ0n) is 13.0. The molecule has 0 unspecified atom stereocenters. The number of aryl methyl sites for hydroxylation is 1. The molecule has 0 aliphatic heterocycles. The van der Waals surface area contributed by atoms with Crippen LogP contribution in [-0.4, -0.2) is 40.3 Å². The van der Waals surface area contributed by atoms with Crippen LogP contribution < -0.4 is 15.0 Å². The lowest BCUT2D eigenvalue weighted by atomic mass is 10.1. The molecule has 0 bridgehead atoms. The molecule has 3 N–H and O–H groups in total. The van der Waals surface area contributed by atoms with Gasteiger partial charge < -0.3 is 15.0 Å².